The number of likely N-dealkylation sites (N-methyl/N-ethyl adjacent to an activating group) is 2. The summed E-state index contributed by atoms with van der Waals surface area (Å²) >= 11 is 0. The molecule has 2 aliphatic rings. The van der Waals surface area contributed by atoms with Crippen molar-refractivity contribution < 1.29 is 0 Å². The third-order valence-corrected chi connectivity index (χ3v) is 6.82. The van der Waals surface area contributed by atoms with Crippen LogP contribution < -0.4 is 4.90 Å². The van der Waals surface area contributed by atoms with Gasteiger partial charge >= 0.3 is 0 Å². The summed E-state index contributed by atoms with van der Waals surface area (Å²) in [7, 11) is 4.22. The average molecular weight is 442 g/mol. The minimum atomic E-state index is 0.423. The molecule has 0 amide bonds. The highest BCUT2D eigenvalue weighted by molar-refractivity contribution is 5.86. The molecule has 3 heteroatoms. The molecular formula is C30H39N3. The summed E-state index contributed by atoms with van der Waals surface area (Å²) in [5.41, 5.74) is 11.9. The summed E-state index contributed by atoms with van der Waals surface area (Å²) in [6.45, 7) is 25.5. The molecule has 2 heterocycles. The molecule has 2 aliphatic heterocycles. The van der Waals surface area contributed by atoms with Crippen molar-refractivity contribution in [3.8, 4) is 0 Å². The maximum atomic E-state index is 4.45. The predicted octanol–water partition coefficient (Wildman–Crippen LogP) is 7.22. The fourth-order valence-electron chi connectivity index (χ4n) is 4.50. The highest BCUT2D eigenvalue weighted by Gasteiger charge is 2.23. The van der Waals surface area contributed by atoms with E-state index >= 15 is 0 Å². The topological polar surface area (TPSA) is 9.72 Å². The summed E-state index contributed by atoms with van der Waals surface area (Å²) in [6, 6.07) is 6.69. The van der Waals surface area contributed by atoms with Crippen LogP contribution in [-0.2, 0) is 0 Å². The third kappa shape index (κ3) is 4.78. The average Bonchev–Trinajstić information content (AvgIpc) is 2.79. The monoisotopic (exact) mass is 441 g/mol. The van der Waals surface area contributed by atoms with Gasteiger partial charge in [0.05, 0.1) is 0 Å². The Bertz CT molecular complexity index is 1110. The van der Waals surface area contributed by atoms with E-state index in [4.69, 9.17) is 0 Å². The molecular weight excluding hydrogens is 402 g/mol. The van der Waals surface area contributed by atoms with E-state index in [0.29, 0.717) is 5.92 Å². The molecule has 3 rings (SSSR count). The molecule has 0 fully saturated rings. The Balaban J connectivity index is 1.96. The van der Waals surface area contributed by atoms with Gasteiger partial charge in [-0.1, -0.05) is 45.7 Å². The first-order valence-corrected chi connectivity index (χ1v) is 11.8. The quantitative estimate of drug-likeness (QED) is 0.442. The molecule has 0 unspecified atom stereocenters. The van der Waals surface area contributed by atoms with Gasteiger partial charge in [-0.05, 0) is 79.3 Å². The Kier molecular flexibility index (Phi) is 7.22. The summed E-state index contributed by atoms with van der Waals surface area (Å²) in [5, 5.41) is 0. The van der Waals surface area contributed by atoms with E-state index < -0.39 is 0 Å². The molecule has 3 nitrogen and oxygen atoms in total. The molecule has 0 radical (unpaired) electrons. The van der Waals surface area contributed by atoms with Gasteiger partial charge < -0.3 is 14.7 Å². The number of anilines is 1. The van der Waals surface area contributed by atoms with Gasteiger partial charge in [-0.25, -0.2) is 0 Å². The zero-order valence-corrected chi connectivity index (χ0v) is 21.5. The van der Waals surface area contributed by atoms with Crippen LogP contribution in [0.5, 0.6) is 0 Å². The van der Waals surface area contributed by atoms with Crippen molar-refractivity contribution in [2.75, 3.05) is 32.1 Å². The van der Waals surface area contributed by atoms with Crippen LogP contribution in [0.3, 0.4) is 0 Å². The number of nitrogens with zero attached hydrogens (tertiary/aromatic N) is 3. The molecule has 0 aromatic heterocycles. The first-order chi connectivity index (χ1) is 15.6. The van der Waals surface area contributed by atoms with Crippen LogP contribution in [0.25, 0.3) is 11.3 Å². The number of benzene rings is 1. The van der Waals surface area contributed by atoms with E-state index in [1.807, 2.05) is 6.08 Å². The van der Waals surface area contributed by atoms with Crippen molar-refractivity contribution >= 4 is 17.0 Å². The molecule has 33 heavy (non-hydrogen) atoms. The number of rotatable bonds is 7. The Morgan fingerprint density at radius 3 is 2.55 bits per heavy atom. The fraction of sp³-hybridized carbons (Fsp3) is 0.333. The SMILES string of the molecule is C=CC1=C(/C=C(\C)N(C)C(=C)c2ccc3c(c2)C(C(C)C)=CC(=C)N3CC)CN(C)C(C)=C1. The van der Waals surface area contributed by atoms with E-state index in [-0.39, 0.29) is 0 Å². The molecule has 0 aliphatic carbocycles. The lowest BCUT2D eigenvalue weighted by molar-refractivity contribution is 0.449. The summed E-state index contributed by atoms with van der Waals surface area (Å²) in [5.74, 6) is 0.423. The maximum absolute atomic E-state index is 4.45. The summed E-state index contributed by atoms with van der Waals surface area (Å²) < 4.78 is 0. The van der Waals surface area contributed by atoms with Crippen LogP contribution in [0.4, 0.5) is 5.69 Å². The Morgan fingerprint density at radius 1 is 1.24 bits per heavy atom. The first kappa shape index (κ1) is 24.4. The minimum Gasteiger partial charge on any atom is -0.374 e. The van der Waals surface area contributed by atoms with Crippen molar-refractivity contribution in [3.05, 3.63) is 102 Å². The molecule has 0 saturated heterocycles. The largest absolute Gasteiger partial charge is 0.374 e. The number of fused-ring (bicyclic) bond motifs is 1. The predicted molar refractivity (Wildman–Crippen MR) is 146 cm³/mol. The standard InChI is InChI=1S/C30H39N3/c1-11-25-15-21(5)31(9)19-27(25)16-22(6)32(10)24(8)26-13-14-30-29(18-26)28(20(3)4)17-23(7)33(30)12-2/h11,13-18,20H,1,7-8,12,19H2,2-6,9-10H3/b22-16+. The Morgan fingerprint density at radius 2 is 1.94 bits per heavy atom. The number of hydrogen-bond acceptors (Lipinski definition) is 3. The van der Waals surface area contributed by atoms with E-state index in [9.17, 15) is 0 Å². The second-order valence-electron chi connectivity index (χ2n) is 9.34. The molecule has 1 aromatic carbocycles. The summed E-state index contributed by atoms with van der Waals surface area (Å²) in [6.07, 6.45) is 8.63. The normalized spacial score (nSPS) is 16.6. The molecule has 0 bridgehead atoms. The second-order valence-corrected chi connectivity index (χ2v) is 9.34. The van der Waals surface area contributed by atoms with Gasteiger partial charge in [0.1, 0.15) is 0 Å². The number of allylic oxidation sites excluding steroid dienone is 7. The van der Waals surface area contributed by atoms with Crippen LogP contribution in [0.2, 0.25) is 0 Å². The lowest BCUT2D eigenvalue weighted by atomic mass is 9.88. The minimum absolute atomic E-state index is 0.423. The van der Waals surface area contributed by atoms with Gasteiger partial charge in [0.2, 0.25) is 0 Å². The second kappa shape index (κ2) is 9.74. The lowest BCUT2D eigenvalue weighted by Crippen LogP contribution is -2.25. The molecule has 1 aromatic rings. The van der Waals surface area contributed by atoms with Gasteiger partial charge in [-0.3, -0.25) is 0 Å². The highest BCUT2D eigenvalue weighted by atomic mass is 15.1. The van der Waals surface area contributed by atoms with Crippen LogP contribution in [0.1, 0.15) is 45.7 Å². The number of hydrogen-bond donors (Lipinski definition) is 0. The van der Waals surface area contributed by atoms with Crippen molar-refractivity contribution in [2.24, 2.45) is 5.92 Å². The highest BCUT2D eigenvalue weighted by Crippen LogP contribution is 2.40. The van der Waals surface area contributed by atoms with Crippen molar-refractivity contribution in [1.82, 2.24) is 9.80 Å². The van der Waals surface area contributed by atoms with Crippen LogP contribution in [0.15, 0.2) is 90.5 Å². The van der Waals surface area contributed by atoms with Gasteiger partial charge in [0.25, 0.3) is 0 Å². The van der Waals surface area contributed by atoms with Crippen molar-refractivity contribution in [3.63, 3.8) is 0 Å². The van der Waals surface area contributed by atoms with E-state index in [2.05, 4.69) is 120 Å². The molecule has 174 valence electrons. The van der Waals surface area contributed by atoms with E-state index in [1.165, 1.54) is 33.7 Å². The van der Waals surface area contributed by atoms with Crippen LogP contribution >= 0.6 is 0 Å². The van der Waals surface area contributed by atoms with E-state index in [1.54, 1.807) is 0 Å². The van der Waals surface area contributed by atoms with Crippen molar-refractivity contribution in [2.45, 2.75) is 34.6 Å². The molecule has 0 atom stereocenters. The fourth-order valence-corrected chi connectivity index (χ4v) is 4.50. The third-order valence-electron chi connectivity index (χ3n) is 6.82. The van der Waals surface area contributed by atoms with Gasteiger partial charge in [-0.2, -0.15) is 0 Å². The Hall–Kier alpha value is -3.20. The van der Waals surface area contributed by atoms with Crippen LogP contribution in [-0.4, -0.2) is 37.0 Å². The molecule has 0 spiro atoms. The van der Waals surface area contributed by atoms with Gasteiger partial charge in [-0.15, -0.1) is 0 Å². The zero-order chi connectivity index (χ0) is 24.4. The summed E-state index contributed by atoms with van der Waals surface area (Å²) in [4.78, 5) is 6.72. The van der Waals surface area contributed by atoms with Crippen molar-refractivity contribution in [1.29, 1.82) is 0 Å². The maximum Gasteiger partial charge on any atom is 0.0487 e. The van der Waals surface area contributed by atoms with Gasteiger partial charge in [0, 0.05) is 61.2 Å². The zero-order valence-electron chi connectivity index (χ0n) is 21.5. The van der Waals surface area contributed by atoms with E-state index in [0.717, 1.165) is 35.7 Å². The smallest absolute Gasteiger partial charge is 0.0487 e. The Labute approximate surface area is 201 Å². The van der Waals surface area contributed by atoms with Gasteiger partial charge in [0.15, 0.2) is 0 Å². The first-order valence-electron chi connectivity index (χ1n) is 11.8. The molecule has 0 N–H and O–H groups in total. The molecule has 0 saturated carbocycles. The van der Waals surface area contributed by atoms with Crippen LogP contribution in [0, 0.1) is 5.92 Å². The lowest BCUT2D eigenvalue weighted by Gasteiger charge is -2.34.